The van der Waals surface area contributed by atoms with Gasteiger partial charge in [0.05, 0.1) is 28.4 Å². The minimum atomic E-state index is -0.877. The standard InChI is InChI=1S/C11H16Cl2N2O2/c1-6(2)15(17)5-10(16)7-3-8(12)11(14)9(13)4-7/h3-4,6,10,16-17H,5,14H2,1-2H3. The Bertz CT molecular complexity index is 376. The molecule has 0 saturated carbocycles. The zero-order valence-corrected chi connectivity index (χ0v) is 11.2. The van der Waals surface area contributed by atoms with E-state index in [0.717, 1.165) is 5.06 Å². The predicted molar refractivity (Wildman–Crippen MR) is 69.5 cm³/mol. The van der Waals surface area contributed by atoms with Crippen LogP contribution in [0.2, 0.25) is 10.0 Å². The number of anilines is 1. The number of aliphatic hydroxyl groups excluding tert-OH is 1. The maximum Gasteiger partial charge on any atom is 0.0941 e. The fourth-order valence-corrected chi connectivity index (χ4v) is 1.79. The number of aliphatic hydroxyl groups is 1. The second kappa shape index (κ2) is 5.89. The van der Waals surface area contributed by atoms with Crippen LogP contribution in [0.25, 0.3) is 0 Å². The molecule has 0 saturated heterocycles. The zero-order valence-electron chi connectivity index (χ0n) is 9.69. The molecule has 1 aromatic rings. The van der Waals surface area contributed by atoms with Crippen molar-refractivity contribution >= 4 is 28.9 Å². The lowest BCUT2D eigenvalue weighted by molar-refractivity contribution is -0.137. The van der Waals surface area contributed by atoms with Gasteiger partial charge >= 0.3 is 0 Å². The molecule has 0 heterocycles. The fourth-order valence-electron chi connectivity index (χ4n) is 1.29. The highest BCUT2D eigenvalue weighted by Gasteiger charge is 2.16. The number of nitrogen functional groups attached to an aromatic ring is 1. The Morgan fingerprint density at radius 2 is 1.76 bits per heavy atom. The van der Waals surface area contributed by atoms with Crippen LogP contribution in [-0.2, 0) is 0 Å². The van der Waals surface area contributed by atoms with E-state index in [9.17, 15) is 10.3 Å². The Kier molecular flexibility index (Phi) is 5.04. The Labute approximate surface area is 111 Å². The Balaban J connectivity index is 2.86. The van der Waals surface area contributed by atoms with Crippen molar-refractivity contribution in [1.29, 1.82) is 0 Å². The first-order valence-electron chi connectivity index (χ1n) is 5.21. The van der Waals surface area contributed by atoms with E-state index in [1.54, 1.807) is 12.1 Å². The molecule has 1 rings (SSSR count). The predicted octanol–water partition coefficient (Wildman–Crippen LogP) is 2.71. The number of hydrogen-bond acceptors (Lipinski definition) is 4. The molecule has 96 valence electrons. The van der Waals surface area contributed by atoms with Crippen LogP contribution in [0.15, 0.2) is 12.1 Å². The summed E-state index contributed by atoms with van der Waals surface area (Å²) >= 11 is 11.7. The molecular formula is C11H16Cl2N2O2. The van der Waals surface area contributed by atoms with Gasteiger partial charge in [0.25, 0.3) is 0 Å². The van der Waals surface area contributed by atoms with E-state index >= 15 is 0 Å². The summed E-state index contributed by atoms with van der Waals surface area (Å²) in [7, 11) is 0. The van der Waals surface area contributed by atoms with Crippen LogP contribution in [-0.4, -0.2) is 28.0 Å². The summed E-state index contributed by atoms with van der Waals surface area (Å²) in [5.41, 5.74) is 6.40. The van der Waals surface area contributed by atoms with Gasteiger partial charge in [-0.25, -0.2) is 0 Å². The minimum Gasteiger partial charge on any atom is -0.396 e. The lowest BCUT2D eigenvalue weighted by Gasteiger charge is -2.22. The van der Waals surface area contributed by atoms with Crippen molar-refractivity contribution in [2.75, 3.05) is 12.3 Å². The van der Waals surface area contributed by atoms with E-state index in [4.69, 9.17) is 28.9 Å². The van der Waals surface area contributed by atoms with Gasteiger partial charge in [-0.3, -0.25) is 0 Å². The Hall–Kier alpha value is -0.520. The summed E-state index contributed by atoms with van der Waals surface area (Å²) in [6.07, 6.45) is -0.877. The zero-order chi connectivity index (χ0) is 13.2. The topological polar surface area (TPSA) is 69.7 Å². The second-order valence-electron chi connectivity index (χ2n) is 4.13. The number of hydroxylamine groups is 2. The normalized spacial score (nSPS) is 13.4. The largest absolute Gasteiger partial charge is 0.396 e. The molecule has 4 nitrogen and oxygen atoms in total. The third kappa shape index (κ3) is 3.72. The summed E-state index contributed by atoms with van der Waals surface area (Å²) in [5.74, 6) is 0. The third-order valence-electron chi connectivity index (χ3n) is 2.44. The second-order valence-corrected chi connectivity index (χ2v) is 4.94. The molecule has 17 heavy (non-hydrogen) atoms. The van der Waals surface area contributed by atoms with Crippen LogP contribution in [0.3, 0.4) is 0 Å². The molecule has 0 aliphatic heterocycles. The van der Waals surface area contributed by atoms with Crippen LogP contribution in [0.4, 0.5) is 5.69 Å². The van der Waals surface area contributed by atoms with Crippen LogP contribution in [0, 0.1) is 0 Å². The van der Waals surface area contributed by atoms with Gasteiger partial charge < -0.3 is 16.0 Å². The minimum absolute atomic E-state index is 0.0776. The molecule has 0 bridgehead atoms. The molecule has 0 spiro atoms. The van der Waals surface area contributed by atoms with E-state index in [0.29, 0.717) is 15.6 Å². The molecule has 6 heteroatoms. The maximum absolute atomic E-state index is 9.92. The first-order chi connectivity index (χ1) is 7.82. The van der Waals surface area contributed by atoms with E-state index in [1.165, 1.54) is 0 Å². The molecule has 0 aliphatic carbocycles. The fraction of sp³-hybridized carbons (Fsp3) is 0.455. The molecule has 1 aromatic carbocycles. The van der Waals surface area contributed by atoms with Gasteiger partial charge in [-0.2, -0.15) is 5.06 Å². The summed E-state index contributed by atoms with van der Waals surface area (Å²) in [6.45, 7) is 3.71. The maximum atomic E-state index is 9.92. The molecule has 0 amide bonds. The van der Waals surface area contributed by atoms with Gasteiger partial charge in [0.2, 0.25) is 0 Å². The molecule has 1 unspecified atom stereocenters. The molecule has 1 atom stereocenters. The van der Waals surface area contributed by atoms with Crippen molar-refractivity contribution in [2.24, 2.45) is 0 Å². The number of rotatable bonds is 4. The van der Waals surface area contributed by atoms with E-state index in [-0.39, 0.29) is 18.3 Å². The summed E-state index contributed by atoms with van der Waals surface area (Å²) < 4.78 is 0. The van der Waals surface area contributed by atoms with Crippen molar-refractivity contribution in [3.05, 3.63) is 27.7 Å². The highest BCUT2D eigenvalue weighted by Crippen LogP contribution is 2.31. The lowest BCUT2D eigenvalue weighted by Crippen LogP contribution is -2.31. The number of nitrogens with two attached hydrogens (primary N) is 1. The average molecular weight is 279 g/mol. The average Bonchev–Trinajstić information content (AvgIpc) is 2.24. The van der Waals surface area contributed by atoms with Gasteiger partial charge in [0, 0.05) is 6.04 Å². The van der Waals surface area contributed by atoms with Crippen molar-refractivity contribution in [2.45, 2.75) is 26.0 Å². The Morgan fingerprint density at radius 1 is 1.29 bits per heavy atom. The highest BCUT2D eigenvalue weighted by atomic mass is 35.5. The number of hydrogen-bond donors (Lipinski definition) is 3. The molecule has 4 N–H and O–H groups in total. The summed E-state index contributed by atoms with van der Waals surface area (Å²) in [6, 6.07) is 3.01. The van der Waals surface area contributed by atoms with Crippen molar-refractivity contribution in [3.8, 4) is 0 Å². The van der Waals surface area contributed by atoms with Crippen molar-refractivity contribution in [3.63, 3.8) is 0 Å². The van der Waals surface area contributed by atoms with E-state index in [1.807, 2.05) is 13.8 Å². The summed E-state index contributed by atoms with van der Waals surface area (Å²) in [4.78, 5) is 0. The van der Waals surface area contributed by atoms with Crippen LogP contribution < -0.4 is 5.73 Å². The number of benzene rings is 1. The first kappa shape index (κ1) is 14.5. The first-order valence-corrected chi connectivity index (χ1v) is 5.96. The lowest BCUT2D eigenvalue weighted by atomic mass is 10.1. The molecule has 0 aliphatic rings. The monoisotopic (exact) mass is 278 g/mol. The quantitative estimate of drug-likeness (QED) is 0.585. The van der Waals surface area contributed by atoms with Gasteiger partial charge in [-0.05, 0) is 31.5 Å². The van der Waals surface area contributed by atoms with Gasteiger partial charge in [-0.1, -0.05) is 23.2 Å². The molecule has 0 radical (unpaired) electrons. The third-order valence-corrected chi connectivity index (χ3v) is 3.07. The Morgan fingerprint density at radius 3 is 2.18 bits per heavy atom. The van der Waals surface area contributed by atoms with Crippen LogP contribution >= 0.6 is 23.2 Å². The highest BCUT2D eigenvalue weighted by molar-refractivity contribution is 6.38. The van der Waals surface area contributed by atoms with Gasteiger partial charge in [0.15, 0.2) is 0 Å². The van der Waals surface area contributed by atoms with E-state index < -0.39 is 6.10 Å². The van der Waals surface area contributed by atoms with Crippen LogP contribution in [0.1, 0.15) is 25.5 Å². The smallest absolute Gasteiger partial charge is 0.0941 e. The van der Waals surface area contributed by atoms with Crippen molar-refractivity contribution in [1.82, 2.24) is 5.06 Å². The van der Waals surface area contributed by atoms with Crippen molar-refractivity contribution < 1.29 is 10.3 Å². The van der Waals surface area contributed by atoms with Gasteiger partial charge in [-0.15, -0.1) is 0 Å². The molecular weight excluding hydrogens is 263 g/mol. The van der Waals surface area contributed by atoms with E-state index in [2.05, 4.69) is 0 Å². The van der Waals surface area contributed by atoms with Crippen LogP contribution in [0.5, 0.6) is 0 Å². The number of halogens is 2. The summed E-state index contributed by atoms with van der Waals surface area (Å²) in [5, 5.41) is 21.1. The SMILES string of the molecule is CC(C)N(O)CC(O)c1cc(Cl)c(N)c(Cl)c1. The number of nitrogens with zero attached hydrogens (tertiary/aromatic N) is 1. The molecule has 0 aromatic heterocycles. The van der Waals surface area contributed by atoms with Gasteiger partial charge in [0.1, 0.15) is 0 Å². The molecule has 0 fully saturated rings.